The first-order valence-electron chi connectivity index (χ1n) is 8.90. The second-order valence-electron chi connectivity index (χ2n) is 6.54. The molecule has 0 bridgehead atoms. The first kappa shape index (κ1) is 18.8. The van der Waals surface area contributed by atoms with Crippen molar-refractivity contribution < 1.29 is 22.7 Å². The van der Waals surface area contributed by atoms with E-state index in [1.807, 2.05) is 42.5 Å². The van der Waals surface area contributed by atoms with Gasteiger partial charge >= 0.3 is 6.18 Å². The van der Waals surface area contributed by atoms with E-state index in [-0.39, 0.29) is 22.8 Å². The van der Waals surface area contributed by atoms with Crippen molar-refractivity contribution in [1.29, 1.82) is 0 Å². The van der Waals surface area contributed by atoms with Crippen LogP contribution in [0.15, 0.2) is 78.4 Å². The molecule has 1 aliphatic heterocycles. The number of fused-ring (bicyclic) bond motifs is 1. The predicted molar refractivity (Wildman–Crippen MR) is 105 cm³/mol. The van der Waals surface area contributed by atoms with Gasteiger partial charge in [-0.3, -0.25) is 4.79 Å². The molecule has 4 rings (SSSR count). The van der Waals surface area contributed by atoms with E-state index in [9.17, 15) is 18.0 Å². The first-order chi connectivity index (χ1) is 13.9. The lowest BCUT2D eigenvalue weighted by Gasteiger charge is -2.09. The van der Waals surface area contributed by atoms with Crippen molar-refractivity contribution in [3.63, 3.8) is 0 Å². The molecule has 0 fully saturated rings. The Hall–Kier alpha value is -3.54. The number of carbonyl (C=O) groups excluding carboxylic acids is 1. The number of ether oxygens (including phenoxy) is 1. The maximum Gasteiger partial charge on any atom is 0.416 e. The topological polar surface area (TPSA) is 38.3 Å². The minimum absolute atomic E-state index is 0.0538. The van der Waals surface area contributed by atoms with Crippen molar-refractivity contribution in [2.45, 2.75) is 6.18 Å². The van der Waals surface area contributed by atoms with Crippen molar-refractivity contribution in [3.8, 4) is 0 Å². The van der Waals surface area contributed by atoms with Gasteiger partial charge in [0.25, 0.3) is 0 Å². The summed E-state index contributed by atoms with van der Waals surface area (Å²) in [4.78, 5) is 13.0. The van der Waals surface area contributed by atoms with E-state index in [4.69, 9.17) is 4.74 Å². The molecule has 3 aromatic rings. The third-order valence-electron chi connectivity index (χ3n) is 4.71. The van der Waals surface area contributed by atoms with Crippen LogP contribution in [0, 0.1) is 0 Å². The molecule has 0 aliphatic carbocycles. The fraction of sp³-hybridized carbons (Fsp3) is 0.0870. The van der Waals surface area contributed by atoms with Gasteiger partial charge in [0.05, 0.1) is 11.1 Å². The second kappa shape index (κ2) is 7.13. The number of benzene rings is 3. The first-order valence-corrected chi connectivity index (χ1v) is 8.90. The van der Waals surface area contributed by atoms with Crippen LogP contribution in [-0.2, 0) is 15.7 Å². The zero-order chi connectivity index (χ0) is 20.6. The predicted octanol–water partition coefficient (Wildman–Crippen LogP) is 5.39. The summed E-state index contributed by atoms with van der Waals surface area (Å²) in [5.74, 6) is -0.291. The summed E-state index contributed by atoms with van der Waals surface area (Å²) in [7, 11) is 1.55. The molecule has 0 aromatic heterocycles. The number of nitrogens with one attached hydrogen (secondary N) is 1. The number of allylic oxidation sites excluding steroid dienone is 1. The fourth-order valence-electron chi connectivity index (χ4n) is 3.34. The van der Waals surface area contributed by atoms with Gasteiger partial charge in [-0.1, -0.05) is 54.6 Å². The van der Waals surface area contributed by atoms with E-state index in [0.717, 1.165) is 28.5 Å². The maximum absolute atomic E-state index is 13.1. The van der Waals surface area contributed by atoms with Crippen molar-refractivity contribution in [1.82, 2.24) is 5.32 Å². The van der Waals surface area contributed by atoms with Crippen molar-refractivity contribution >= 4 is 28.2 Å². The Kier molecular flexibility index (Phi) is 4.62. The number of halogens is 3. The zero-order valence-corrected chi connectivity index (χ0v) is 15.4. The molecule has 0 unspecified atom stereocenters. The van der Waals surface area contributed by atoms with Crippen LogP contribution in [-0.4, -0.2) is 12.8 Å². The van der Waals surface area contributed by atoms with Gasteiger partial charge in [0, 0.05) is 7.05 Å². The Morgan fingerprint density at radius 2 is 1.69 bits per heavy atom. The number of Topliss-reactive ketones (excluding diaryl/α,β-unsaturated/α-hetero) is 1. The summed E-state index contributed by atoms with van der Waals surface area (Å²) in [6, 6.07) is 18.0. The van der Waals surface area contributed by atoms with Crippen LogP contribution in [0.3, 0.4) is 0 Å². The molecule has 0 atom stereocenters. The quantitative estimate of drug-likeness (QED) is 0.605. The molecule has 3 aromatic carbocycles. The smallest absolute Gasteiger partial charge is 0.416 e. The molecule has 6 heteroatoms. The number of hydrogen-bond donors (Lipinski definition) is 1. The lowest BCUT2D eigenvalue weighted by atomic mass is 9.98. The zero-order valence-electron chi connectivity index (χ0n) is 15.4. The van der Waals surface area contributed by atoms with Gasteiger partial charge in [0.2, 0.25) is 11.7 Å². The third kappa shape index (κ3) is 3.49. The molecular weight excluding hydrogens is 379 g/mol. The number of hydrogen-bond acceptors (Lipinski definition) is 3. The summed E-state index contributed by atoms with van der Waals surface area (Å²) < 4.78 is 44.9. The Bertz CT molecular complexity index is 1170. The Morgan fingerprint density at radius 1 is 0.966 bits per heavy atom. The van der Waals surface area contributed by atoms with Crippen LogP contribution in [0.25, 0.3) is 22.4 Å². The van der Waals surface area contributed by atoms with E-state index in [1.165, 1.54) is 12.1 Å². The van der Waals surface area contributed by atoms with Gasteiger partial charge in [-0.05, 0) is 40.1 Å². The van der Waals surface area contributed by atoms with E-state index >= 15 is 0 Å². The van der Waals surface area contributed by atoms with Gasteiger partial charge in [0.15, 0.2) is 5.76 Å². The minimum atomic E-state index is -4.50. The number of alkyl halides is 3. The summed E-state index contributed by atoms with van der Waals surface area (Å²) in [6.45, 7) is 0. The van der Waals surface area contributed by atoms with E-state index in [0.29, 0.717) is 0 Å². The maximum atomic E-state index is 13.1. The van der Waals surface area contributed by atoms with Crippen LogP contribution in [0.2, 0.25) is 0 Å². The van der Waals surface area contributed by atoms with E-state index < -0.39 is 17.5 Å². The molecule has 0 amide bonds. The van der Waals surface area contributed by atoms with Crippen LogP contribution in [0.5, 0.6) is 0 Å². The van der Waals surface area contributed by atoms with Gasteiger partial charge in [0.1, 0.15) is 0 Å². The molecule has 0 saturated heterocycles. The van der Waals surface area contributed by atoms with Gasteiger partial charge in [-0.25, -0.2) is 0 Å². The summed E-state index contributed by atoms with van der Waals surface area (Å²) in [5, 5.41) is 4.72. The second-order valence-corrected chi connectivity index (χ2v) is 6.54. The number of rotatable bonds is 3. The highest BCUT2D eigenvalue weighted by Crippen LogP contribution is 2.36. The Balaban J connectivity index is 1.77. The van der Waals surface area contributed by atoms with Crippen molar-refractivity contribution in [2.24, 2.45) is 0 Å². The Morgan fingerprint density at radius 3 is 2.45 bits per heavy atom. The largest absolute Gasteiger partial charge is 0.436 e. The third-order valence-corrected chi connectivity index (χ3v) is 4.71. The molecular formula is C23H16F3NO2. The van der Waals surface area contributed by atoms with E-state index in [2.05, 4.69) is 5.32 Å². The molecule has 3 nitrogen and oxygen atoms in total. The molecule has 1 heterocycles. The van der Waals surface area contributed by atoms with Crippen LogP contribution >= 0.6 is 0 Å². The highest BCUT2D eigenvalue weighted by atomic mass is 19.4. The minimum Gasteiger partial charge on any atom is -0.436 e. The molecule has 0 radical (unpaired) electrons. The normalized spacial score (nSPS) is 15.9. The standard InChI is InChI=1S/C23H16F3NO2/c1-27-22-20(16-9-5-10-17(12-16)23(24,25)26)21(28)19(29-22)13-15-8-4-7-14-6-2-3-11-18(14)15/h2-13,27H,1H3/b19-13+. The lowest BCUT2D eigenvalue weighted by Crippen LogP contribution is -2.09. The molecule has 146 valence electrons. The lowest BCUT2D eigenvalue weighted by molar-refractivity contribution is -0.137. The summed E-state index contributed by atoms with van der Waals surface area (Å²) in [5.41, 5.74) is 0.185. The van der Waals surface area contributed by atoms with Crippen LogP contribution in [0.1, 0.15) is 16.7 Å². The molecule has 29 heavy (non-hydrogen) atoms. The van der Waals surface area contributed by atoms with Crippen LogP contribution in [0.4, 0.5) is 13.2 Å². The molecule has 0 spiro atoms. The molecule has 0 saturated carbocycles. The number of ketones is 1. The van der Waals surface area contributed by atoms with Gasteiger partial charge in [-0.2, -0.15) is 13.2 Å². The number of carbonyl (C=O) groups is 1. The fourth-order valence-corrected chi connectivity index (χ4v) is 3.34. The molecule has 1 aliphatic rings. The highest BCUT2D eigenvalue weighted by Gasteiger charge is 2.34. The Labute approximate surface area is 165 Å². The summed E-state index contributed by atoms with van der Waals surface area (Å²) in [6.07, 6.45) is -2.89. The average Bonchev–Trinajstić information content (AvgIpc) is 3.03. The SMILES string of the molecule is CNC1=C(c2cccc(C(F)(F)F)c2)C(=O)/C(=C\c2cccc3ccccc23)O1. The highest BCUT2D eigenvalue weighted by molar-refractivity contribution is 6.31. The van der Waals surface area contributed by atoms with Crippen molar-refractivity contribution in [2.75, 3.05) is 7.05 Å². The summed E-state index contributed by atoms with van der Waals surface area (Å²) >= 11 is 0. The van der Waals surface area contributed by atoms with Gasteiger partial charge in [-0.15, -0.1) is 0 Å². The van der Waals surface area contributed by atoms with Gasteiger partial charge < -0.3 is 10.1 Å². The molecule has 1 N–H and O–H groups in total. The van der Waals surface area contributed by atoms with Crippen molar-refractivity contribution in [3.05, 3.63) is 95.1 Å². The average molecular weight is 395 g/mol. The van der Waals surface area contributed by atoms with Crippen LogP contribution < -0.4 is 5.32 Å². The monoisotopic (exact) mass is 395 g/mol. The van der Waals surface area contributed by atoms with E-state index in [1.54, 1.807) is 13.1 Å².